The van der Waals surface area contributed by atoms with Gasteiger partial charge in [0.1, 0.15) is 11.9 Å². The zero-order chi connectivity index (χ0) is 21.0. The zero-order valence-electron chi connectivity index (χ0n) is 18.0. The van der Waals surface area contributed by atoms with E-state index >= 15 is 0 Å². The summed E-state index contributed by atoms with van der Waals surface area (Å²) >= 11 is 0. The molecular weight excluding hydrogens is 364 g/mol. The third-order valence-corrected chi connectivity index (χ3v) is 6.58. The largest absolute Gasteiger partial charge is 0.497 e. The number of allylic oxidation sites excluding steroid dienone is 1. The van der Waals surface area contributed by atoms with Crippen molar-refractivity contribution < 1.29 is 19.4 Å². The van der Waals surface area contributed by atoms with Gasteiger partial charge in [0.05, 0.1) is 19.8 Å². The molecule has 0 spiro atoms. The molecule has 1 saturated carbocycles. The molecule has 0 saturated heterocycles. The molecule has 3 atom stereocenters. The molecule has 0 aromatic heterocycles. The van der Waals surface area contributed by atoms with E-state index in [1.54, 1.807) is 7.11 Å². The number of ether oxygens (including phenoxy) is 2. The molecule has 2 aliphatic rings. The van der Waals surface area contributed by atoms with Gasteiger partial charge < -0.3 is 14.6 Å². The summed E-state index contributed by atoms with van der Waals surface area (Å²) < 4.78 is 11.2. The third kappa shape index (κ3) is 4.99. The number of ketones is 1. The van der Waals surface area contributed by atoms with E-state index in [1.165, 1.54) is 12.0 Å². The number of hydrogen-bond acceptors (Lipinski definition) is 4. The lowest BCUT2D eigenvalue weighted by Crippen LogP contribution is -2.35. The lowest BCUT2D eigenvalue weighted by molar-refractivity contribution is -0.117. The van der Waals surface area contributed by atoms with Crippen LogP contribution in [0.15, 0.2) is 47.6 Å². The first-order valence-corrected chi connectivity index (χ1v) is 10.7. The molecule has 29 heavy (non-hydrogen) atoms. The molecular formula is C25H34O4. The molecule has 4 heteroatoms. The maximum Gasteiger partial charge on any atom is 0.158 e. The van der Waals surface area contributed by atoms with Crippen molar-refractivity contribution in [3.8, 4) is 5.75 Å². The molecule has 0 heterocycles. The molecule has 1 aromatic carbocycles. The fourth-order valence-corrected chi connectivity index (χ4v) is 4.81. The molecule has 0 radical (unpaired) electrons. The standard InChI is InChI=1S/C25H34O4/c1-17(2)24(29-16-18-8-10-19(28-4)11-9-18)23(27)15-20-21-7-5-6-13-25(21,3)14-12-22(20)26/h8-11,23-24,27H,1,5-7,12-16H2,2-4H3/t23-,24-,25+/m1/s1. The van der Waals surface area contributed by atoms with Gasteiger partial charge in [-0.05, 0) is 66.9 Å². The third-order valence-electron chi connectivity index (χ3n) is 6.58. The fourth-order valence-electron chi connectivity index (χ4n) is 4.81. The lowest BCUT2D eigenvalue weighted by atomic mass is 9.63. The van der Waals surface area contributed by atoms with Gasteiger partial charge >= 0.3 is 0 Å². The lowest BCUT2D eigenvalue weighted by Gasteiger charge is -2.42. The van der Waals surface area contributed by atoms with E-state index in [0.29, 0.717) is 19.4 Å². The van der Waals surface area contributed by atoms with Crippen molar-refractivity contribution in [2.24, 2.45) is 5.41 Å². The summed E-state index contributed by atoms with van der Waals surface area (Å²) in [5.41, 5.74) is 4.04. The van der Waals surface area contributed by atoms with Gasteiger partial charge in [0.15, 0.2) is 5.78 Å². The molecule has 158 valence electrons. The number of fused-ring (bicyclic) bond motifs is 1. The zero-order valence-corrected chi connectivity index (χ0v) is 18.0. The Morgan fingerprint density at radius 3 is 2.59 bits per heavy atom. The minimum Gasteiger partial charge on any atom is -0.497 e. The molecule has 3 rings (SSSR count). The maximum atomic E-state index is 12.7. The predicted octanol–water partition coefficient (Wildman–Crippen LogP) is 5.15. The first-order chi connectivity index (χ1) is 13.8. The molecule has 2 aliphatic carbocycles. The van der Waals surface area contributed by atoms with Crippen LogP contribution in [0.3, 0.4) is 0 Å². The van der Waals surface area contributed by atoms with Crippen LogP contribution in [0, 0.1) is 5.41 Å². The van der Waals surface area contributed by atoms with Crippen molar-refractivity contribution >= 4 is 5.78 Å². The van der Waals surface area contributed by atoms with E-state index < -0.39 is 12.2 Å². The van der Waals surface area contributed by atoms with Crippen molar-refractivity contribution in [1.82, 2.24) is 0 Å². The van der Waals surface area contributed by atoms with E-state index in [0.717, 1.165) is 48.1 Å². The number of hydrogen-bond donors (Lipinski definition) is 1. The van der Waals surface area contributed by atoms with Gasteiger partial charge in [0, 0.05) is 12.8 Å². The average Bonchev–Trinajstić information content (AvgIpc) is 2.70. The molecule has 1 aromatic rings. The van der Waals surface area contributed by atoms with Crippen LogP contribution in [0.4, 0.5) is 0 Å². The van der Waals surface area contributed by atoms with Crippen LogP contribution in [-0.2, 0) is 16.1 Å². The van der Waals surface area contributed by atoms with Gasteiger partial charge in [-0.15, -0.1) is 0 Å². The monoisotopic (exact) mass is 398 g/mol. The van der Waals surface area contributed by atoms with Crippen LogP contribution in [0.1, 0.15) is 64.4 Å². The molecule has 0 bridgehead atoms. The van der Waals surface area contributed by atoms with E-state index in [-0.39, 0.29) is 11.2 Å². The molecule has 0 aliphatic heterocycles. The smallest absolute Gasteiger partial charge is 0.158 e. The van der Waals surface area contributed by atoms with Gasteiger partial charge in [-0.2, -0.15) is 0 Å². The van der Waals surface area contributed by atoms with Crippen molar-refractivity contribution in [3.05, 3.63) is 53.1 Å². The Hall–Kier alpha value is -1.91. The van der Waals surface area contributed by atoms with Gasteiger partial charge in [0.2, 0.25) is 0 Å². The van der Waals surface area contributed by atoms with Crippen LogP contribution < -0.4 is 4.74 Å². The Kier molecular flexibility index (Phi) is 6.97. The van der Waals surface area contributed by atoms with Crippen LogP contribution in [-0.4, -0.2) is 30.2 Å². The van der Waals surface area contributed by atoms with Crippen LogP contribution in [0.5, 0.6) is 5.75 Å². The molecule has 4 nitrogen and oxygen atoms in total. The molecule has 1 fully saturated rings. The van der Waals surface area contributed by atoms with Crippen molar-refractivity contribution in [3.63, 3.8) is 0 Å². The number of carbonyl (C=O) groups is 1. The normalized spacial score (nSPS) is 24.1. The Labute approximate surface area is 174 Å². The quantitative estimate of drug-likeness (QED) is 0.616. The number of aliphatic hydroxyl groups excluding tert-OH is 1. The summed E-state index contributed by atoms with van der Waals surface area (Å²) in [5, 5.41) is 11.0. The summed E-state index contributed by atoms with van der Waals surface area (Å²) in [6.45, 7) is 8.55. The van der Waals surface area contributed by atoms with Gasteiger partial charge in [-0.1, -0.05) is 37.6 Å². The summed E-state index contributed by atoms with van der Waals surface area (Å²) in [6.07, 6.45) is 5.09. The molecule has 1 N–H and O–H groups in total. The Morgan fingerprint density at radius 2 is 1.93 bits per heavy atom. The summed E-state index contributed by atoms with van der Waals surface area (Å²) in [6, 6.07) is 7.68. The van der Waals surface area contributed by atoms with Crippen molar-refractivity contribution in [1.29, 1.82) is 0 Å². The first-order valence-electron chi connectivity index (χ1n) is 10.7. The van der Waals surface area contributed by atoms with Crippen LogP contribution in [0.25, 0.3) is 0 Å². The minimum absolute atomic E-state index is 0.129. The fraction of sp³-hybridized carbons (Fsp3) is 0.560. The van der Waals surface area contributed by atoms with Gasteiger partial charge in [-0.3, -0.25) is 4.79 Å². The van der Waals surface area contributed by atoms with Gasteiger partial charge in [-0.25, -0.2) is 0 Å². The number of Topliss-reactive ketones (excluding diaryl/α,β-unsaturated/α-hetero) is 1. The maximum absolute atomic E-state index is 12.7. The SMILES string of the molecule is C=C(C)[C@@H](OCc1ccc(OC)cc1)[C@H](O)CC1=C2CCCC[C@@]2(C)CCC1=O. The number of aliphatic hydroxyl groups is 1. The second kappa shape index (κ2) is 9.27. The number of benzene rings is 1. The van der Waals surface area contributed by atoms with E-state index in [2.05, 4.69) is 13.5 Å². The Morgan fingerprint density at radius 1 is 1.21 bits per heavy atom. The number of rotatable bonds is 8. The summed E-state index contributed by atoms with van der Waals surface area (Å²) in [7, 11) is 1.64. The summed E-state index contributed by atoms with van der Waals surface area (Å²) in [5.74, 6) is 0.999. The molecule has 0 amide bonds. The number of carbonyl (C=O) groups excluding carboxylic acids is 1. The first kappa shape index (κ1) is 21.8. The highest BCUT2D eigenvalue weighted by molar-refractivity contribution is 5.97. The Bertz CT molecular complexity index is 777. The second-order valence-corrected chi connectivity index (χ2v) is 8.85. The Balaban J connectivity index is 1.72. The van der Waals surface area contributed by atoms with E-state index in [1.807, 2.05) is 31.2 Å². The highest BCUT2D eigenvalue weighted by atomic mass is 16.5. The highest BCUT2D eigenvalue weighted by Crippen LogP contribution is 2.49. The summed E-state index contributed by atoms with van der Waals surface area (Å²) in [4.78, 5) is 12.7. The van der Waals surface area contributed by atoms with Crippen molar-refractivity contribution in [2.75, 3.05) is 7.11 Å². The highest BCUT2D eigenvalue weighted by Gasteiger charge is 2.39. The van der Waals surface area contributed by atoms with Gasteiger partial charge in [0.25, 0.3) is 0 Å². The average molecular weight is 399 g/mol. The topological polar surface area (TPSA) is 55.8 Å². The minimum atomic E-state index is -0.776. The van der Waals surface area contributed by atoms with E-state index in [9.17, 15) is 9.90 Å². The number of methoxy groups -OCH3 is 1. The van der Waals surface area contributed by atoms with E-state index in [4.69, 9.17) is 9.47 Å². The van der Waals surface area contributed by atoms with Crippen LogP contribution in [0.2, 0.25) is 0 Å². The molecule has 0 unspecified atom stereocenters. The van der Waals surface area contributed by atoms with Crippen molar-refractivity contribution in [2.45, 2.75) is 77.6 Å². The predicted molar refractivity (Wildman–Crippen MR) is 115 cm³/mol. The van der Waals surface area contributed by atoms with Crippen LogP contribution >= 0.6 is 0 Å². The second-order valence-electron chi connectivity index (χ2n) is 8.85.